The number of imide groups is 1. The van der Waals surface area contributed by atoms with Crippen LogP contribution >= 0.6 is 35.0 Å². The average Bonchev–Trinajstić information content (AvgIpc) is 3.00. The highest BCUT2D eigenvalue weighted by atomic mass is 35.5. The standard InChI is InChI=1S/C25H20Cl2N2O2S/c1-3-16-6-4-5-7-20(16)28-22-23(32-18-11-8-15(2)9-12-18)25(31)29(24(22)30)21-13-10-17(26)14-19(21)27/h4-14,28H,3H2,1-2H3. The van der Waals surface area contributed by atoms with Crippen LogP contribution in [0.4, 0.5) is 11.4 Å². The minimum absolute atomic E-state index is 0.229. The first-order valence-electron chi connectivity index (χ1n) is 10.1. The molecule has 0 unspecified atom stereocenters. The molecule has 2 amide bonds. The highest BCUT2D eigenvalue weighted by Gasteiger charge is 2.41. The molecule has 0 saturated heterocycles. The molecule has 1 aliphatic rings. The molecule has 1 heterocycles. The average molecular weight is 483 g/mol. The number of carbonyl (C=O) groups is 2. The lowest BCUT2D eigenvalue weighted by Gasteiger charge is -2.17. The zero-order valence-electron chi connectivity index (χ0n) is 17.5. The van der Waals surface area contributed by atoms with Gasteiger partial charge < -0.3 is 5.32 Å². The van der Waals surface area contributed by atoms with Gasteiger partial charge in [0, 0.05) is 15.6 Å². The molecule has 0 radical (unpaired) electrons. The van der Waals surface area contributed by atoms with E-state index < -0.39 is 11.8 Å². The predicted octanol–water partition coefficient (Wildman–Crippen LogP) is 6.85. The van der Waals surface area contributed by atoms with Gasteiger partial charge in [-0.2, -0.15) is 0 Å². The number of thioether (sulfide) groups is 1. The number of halogens is 2. The first kappa shape index (κ1) is 22.5. The number of nitrogens with zero attached hydrogens (tertiary/aromatic N) is 1. The van der Waals surface area contributed by atoms with Crippen molar-refractivity contribution in [2.75, 3.05) is 10.2 Å². The van der Waals surface area contributed by atoms with Crippen molar-refractivity contribution in [3.63, 3.8) is 0 Å². The van der Waals surface area contributed by atoms with Crippen LogP contribution in [0.5, 0.6) is 0 Å². The number of para-hydroxylation sites is 1. The number of anilines is 2. The summed E-state index contributed by atoms with van der Waals surface area (Å²) in [6, 6.07) is 20.2. The second kappa shape index (κ2) is 9.41. The summed E-state index contributed by atoms with van der Waals surface area (Å²) in [5, 5.41) is 3.89. The molecule has 0 aliphatic carbocycles. The molecule has 7 heteroatoms. The third kappa shape index (κ3) is 4.42. The Balaban J connectivity index is 1.78. The molecular formula is C25H20Cl2N2O2S. The van der Waals surface area contributed by atoms with E-state index in [4.69, 9.17) is 23.2 Å². The number of nitrogens with one attached hydrogen (secondary N) is 1. The summed E-state index contributed by atoms with van der Waals surface area (Å²) in [7, 11) is 0. The van der Waals surface area contributed by atoms with Crippen LogP contribution < -0.4 is 10.2 Å². The van der Waals surface area contributed by atoms with E-state index in [0.29, 0.717) is 15.6 Å². The van der Waals surface area contributed by atoms with Crippen molar-refractivity contribution < 1.29 is 9.59 Å². The first-order chi connectivity index (χ1) is 15.4. The van der Waals surface area contributed by atoms with Gasteiger partial charge in [0.05, 0.1) is 10.7 Å². The van der Waals surface area contributed by atoms with E-state index in [9.17, 15) is 9.59 Å². The quantitative estimate of drug-likeness (QED) is 0.390. The zero-order chi connectivity index (χ0) is 22.8. The van der Waals surface area contributed by atoms with E-state index in [-0.39, 0.29) is 10.7 Å². The van der Waals surface area contributed by atoms with Gasteiger partial charge in [0.1, 0.15) is 10.6 Å². The molecule has 4 rings (SSSR count). The number of hydrogen-bond acceptors (Lipinski definition) is 4. The van der Waals surface area contributed by atoms with Crippen molar-refractivity contribution in [1.82, 2.24) is 0 Å². The maximum Gasteiger partial charge on any atom is 0.283 e. The maximum atomic E-state index is 13.5. The molecule has 0 spiro atoms. The van der Waals surface area contributed by atoms with E-state index in [2.05, 4.69) is 5.32 Å². The number of hydrogen-bond donors (Lipinski definition) is 1. The van der Waals surface area contributed by atoms with Gasteiger partial charge in [-0.15, -0.1) is 0 Å². The van der Waals surface area contributed by atoms with Gasteiger partial charge in [-0.3, -0.25) is 9.59 Å². The monoisotopic (exact) mass is 482 g/mol. The van der Waals surface area contributed by atoms with Crippen molar-refractivity contribution in [1.29, 1.82) is 0 Å². The van der Waals surface area contributed by atoms with E-state index in [0.717, 1.165) is 33.0 Å². The SMILES string of the molecule is CCc1ccccc1NC1=C(Sc2ccc(C)cc2)C(=O)N(c2ccc(Cl)cc2Cl)C1=O. The fourth-order valence-corrected chi connectivity index (χ4v) is 4.83. The molecule has 3 aromatic rings. The topological polar surface area (TPSA) is 49.4 Å². The fraction of sp³-hybridized carbons (Fsp3) is 0.120. The summed E-state index contributed by atoms with van der Waals surface area (Å²) in [5.74, 6) is -0.888. The molecular weight excluding hydrogens is 463 g/mol. The minimum Gasteiger partial charge on any atom is -0.350 e. The highest BCUT2D eigenvalue weighted by Crippen LogP contribution is 2.40. The lowest BCUT2D eigenvalue weighted by molar-refractivity contribution is -0.120. The molecule has 162 valence electrons. The largest absolute Gasteiger partial charge is 0.350 e. The molecule has 3 aromatic carbocycles. The van der Waals surface area contributed by atoms with Crippen LogP contribution in [0.2, 0.25) is 10.0 Å². The highest BCUT2D eigenvalue weighted by molar-refractivity contribution is 8.04. The van der Waals surface area contributed by atoms with Gasteiger partial charge in [-0.05, 0) is 55.3 Å². The molecule has 1 aliphatic heterocycles. The van der Waals surface area contributed by atoms with Crippen molar-refractivity contribution in [2.45, 2.75) is 25.2 Å². The van der Waals surface area contributed by atoms with Gasteiger partial charge >= 0.3 is 0 Å². The Morgan fingerprint density at radius 2 is 1.66 bits per heavy atom. The summed E-state index contributed by atoms with van der Waals surface area (Å²) >= 11 is 13.6. The number of carbonyl (C=O) groups excluding carboxylic acids is 2. The summed E-state index contributed by atoms with van der Waals surface area (Å²) in [5.41, 5.74) is 3.48. The fourth-order valence-electron chi connectivity index (χ4n) is 3.41. The normalized spacial score (nSPS) is 13.8. The van der Waals surface area contributed by atoms with Gasteiger partial charge in [-0.1, -0.05) is 77.8 Å². The number of benzene rings is 3. The summed E-state index contributed by atoms with van der Waals surface area (Å²) < 4.78 is 0. The van der Waals surface area contributed by atoms with Crippen LogP contribution in [0.1, 0.15) is 18.1 Å². The smallest absolute Gasteiger partial charge is 0.283 e. The molecule has 0 fully saturated rings. The van der Waals surface area contributed by atoms with Crippen LogP contribution in [0.25, 0.3) is 0 Å². The Morgan fingerprint density at radius 1 is 0.938 bits per heavy atom. The van der Waals surface area contributed by atoms with Gasteiger partial charge in [-0.25, -0.2) is 4.90 Å². The molecule has 1 N–H and O–H groups in total. The van der Waals surface area contributed by atoms with E-state index in [1.54, 1.807) is 12.1 Å². The summed E-state index contributed by atoms with van der Waals surface area (Å²) in [4.78, 5) is 29.2. The lowest BCUT2D eigenvalue weighted by Crippen LogP contribution is -2.32. The third-order valence-electron chi connectivity index (χ3n) is 5.09. The molecule has 32 heavy (non-hydrogen) atoms. The number of rotatable bonds is 6. The van der Waals surface area contributed by atoms with E-state index in [1.807, 2.05) is 62.4 Å². The van der Waals surface area contributed by atoms with Crippen LogP contribution in [-0.4, -0.2) is 11.8 Å². The lowest BCUT2D eigenvalue weighted by atomic mass is 10.1. The van der Waals surface area contributed by atoms with Crippen molar-refractivity contribution >= 4 is 58.2 Å². The summed E-state index contributed by atoms with van der Waals surface area (Å²) in [6.07, 6.45) is 0.783. The molecule has 0 aromatic heterocycles. The maximum absolute atomic E-state index is 13.5. The molecule has 0 atom stereocenters. The Hall–Kier alpha value is -2.73. The van der Waals surface area contributed by atoms with Crippen molar-refractivity contribution in [2.24, 2.45) is 0 Å². The Kier molecular flexibility index (Phi) is 6.60. The minimum atomic E-state index is -0.459. The first-order valence-corrected chi connectivity index (χ1v) is 11.6. The van der Waals surface area contributed by atoms with Gasteiger partial charge in [0.25, 0.3) is 11.8 Å². The number of aryl methyl sites for hydroxylation is 2. The van der Waals surface area contributed by atoms with Gasteiger partial charge in [0.2, 0.25) is 0 Å². The second-order valence-corrected chi connectivity index (χ2v) is 9.22. The predicted molar refractivity (Wildman–Crippen MR) is 132 cm³/mol. The Bertz CT molecular complexity index is 1240. The van der Waals surface area contributed by atoms with Crippen LogP contribution in [0, 0.1) is 6.92 Å². The summed E-state index contributed by atoms with van der Waals surface area (Å²) in [6.45, 7) is 4.04. The van der Waals surface area contributed by atoms with E-state index >= 15 is 0 Å². The van der Waals surface area contributed by atoms with Crippen LogP contribution in [0.15, 0.2) is 82.2 Å². The van der Waals surface area contributed by atoms with Crippen LogP contribution in [-0.2, 0) is 16.0 Å². The van der Waals surface area contributed by atoms with Crippen molar-refractivity contribution in [3.05, 3.63) is 98.5 Å². The molecule has 0 bridgehead atoms. The molecule has 4 nitrogen and oxygen atoms in total. The zero-order valence-corrected chi connectivity index (χ0v) is 19.8. The van der Waals surface area contributed by atoms with Gasteiger partial charge in [0.15, 0.2) is 0 Å². The third-order valence-corrected chi connectivity index (χ3v) is 6.72. The number of amides is 2. The Morgan fingerprint density at radius 3 is 2.34 bits per heavy atom. The van der Waals surface area contributed by atoms with Crippen LogP contribution in [0.3, 0.4) is 0 Å². The van der Waals surface area contributed by atoms with Crippen molar-refractivity contribution in [3.8, 4) is 0 Å². The molecule has 0 saturated carbocycles. The Labute approximate surface area is 201 Å². The van der Waals surface area contributed by atoms with E-state index in [1.165, 1.54) is 17.8 Å². The second-order valence-electron chi connectivity index (χ2n) is 7.30.